The highest BCUT2D eigenvalue weighted by molar-refractivity contribution is 5.13. The van der Waals surface area contributed by atoms with Crippen LogP contribution in [0, 0.1) is 0 Å². The van der Waals surface area contributed by atoms with Crippen LogP contribution >= 0.6 is 0 Å². The van der Waals surface area contributed by atoms with Crippen LogP contribution in [-0.2, 0) is 25.6 Å². The second kappa shape index (κ2) is 6.24. The van der Waals surface area contributed by atoms with Crippen LogP contribution < -0.4 is 0 Å². The number of ether oxygens (including phenoxy) is 4. The summed E-state index contributed by atoms with van der Waals surface area (Å²) >= 11 is 0. The first kappa shape index (κ1) is 15.3. The van der Waals surface area contributed by atoms with E-state index in [2.05, 4.69) is 10.0 Å². The monoisotopic (exact) mass is 305 g/mol. The van der Waals surface area contributed by atoms with E-state index in [-0.39, 0.29) is 6.10 Å². The molecule has 0 radical (unpaired) electrons. The van der Waals surface area contributed by atoms with E-state index < -0.39 is 24.2 Å². The minimum Gasteiger partial charge on any atom is -0.374 e. The van der Waals surface area contributed by atoms with Crippen LogP contribution in [0.3, 0.4) is 0 Å². The van der Waals surface area contributed by atoms with Crippen LogP contribution in [0.4, 0.5) is 0 Å². The molecule has 0 saturated carbocycles. The van der Waals surface area contributed by atoms with Gasteiger partial charge >= 0.3 is 0 Å². The molecule has 7 heteroatoms. The van der Waals surface area contributed by atoms with E-state index in [4.69, 9.17) is 24.5 Å². The van der Waals surface area contributed by atoms with Crippen molar-refractivity contribution in [3.63, 3.8) is 0 Å². The molecular formula is C15H19N3O4. The summed E-state index contributed by atoms with van der Waals surface area (Å²) in [5, 5.41) is 3.81. The molecule has 2 saturated heterocycles. The van der Waals surface area contributed by atoms with E-state index in [1.54, 1.807) is 0 Å². The predicted molar refractivity (Wildman–Crippen MR) is 77.7 cm³/mol. The number of fused-ring (bicyclic) bond motifs is 1. The Labute approximate surface area is 128 Å². The normalized spacial score (nSPS) is 32.5. The molecule has 0 bridgehead atoms. The Bertz CT molecular complexity index is 559. The lowest BCUT2D eigenvalue weighted by Crippen LogP contribution is -2.35. The molecule has 2 heterocycles. The van der Waals surface area contributed by atoms with Crippen molar-refractivity contribution in [1.29, 1.82) is 0 Å². The van der Waals surface area contributed by atoms with Gasteiger partial charge in [-0.25, -0.2) is 0 Å². The van der Waals surface area contributed by atoms with Crippen LogP contribution in [-0.4, -0.2) is 36.9 Å². The molecule has 4 atom stereocenters. The summed E-state index contributed by atoms with van der Waals surface area (Å²) in [4.78, 5) is 2.90. The van der Waals surface area contributed by atoms with Gasteiger partial charge in [0.1, 0.15) is 6.10 Å². The van der Waals surface area contributed by atoms with E-state index in [1.807, 2.05) is 44.2 Å². The maximum absolute atomic E-state index is 8.76. The Morgan fingerprint density at radius 2 is 2.05 bits per heavy atom. The van der Waals surface area contributed by atoms with E-state index >= 15 is 0 Å². The van der Waals surface area contributed by atoms with Gasteiger partial charge < -0.3 is 18.9 Å². The van der Waals surface area contributed by atoms with Gasteiger partial charge in [0.15, 0.2) is 12.1 Å². The summed E-state index contributed by atoms with van der Waals surface area (Å²) in [7, 11) is 0. The van der Waals surface area contributed by atoms with Crippen molar-refractivity contribution < 1.29 is 18.9 Å². The highest BCUT2D eigenvalue weighted by Gasteiger charge is 2.54. The Balaban J connectivity index is 1.58. The second-order valence-electron chi connectivity index (χ2n) is 5.84. The fourth-order valence-electron chi connectivity index (χ4n) is 2.76. The van der Waals surface area contributed by atoms with Crippen molar-refractivity contribution in [3.8, 4) is 0 Å². The molecule has 0 aliphatic carbocycles. The molecular weight excluding hydrogens is 286 g/mol. The van der Waals surface area contributed by atoms with Gasteiger partial charge in [0.2, 0.25) is 0 Å². The maximum atomic E-state index is 8.76. The fraction of sp³-hybridized carbons (Fsp3) is 0.600. The number of rotatable bonds is 5. The van der Waals surface area contributed by atoms with Crippen molar-refractivity contribution in [3.05, 3.63) is 46.3 Å². The molecule has 3 rings (SSSR count). The largest absolute Gasteiger partial charge is 0.374 e. The number of benzene rings is 1. The van der Waals surface area contributed by atoms with E-state index in [9.17, 15) is 0 Å². The van der Waals surface area contributed by atoms with E-state index in [0.29, 0.717) is 13.2 Å². The molecule has 0 unspecified atom stereocenters. The smallest absolute Gasteiger partial charge is 0.188 e. The Morgan fingerprint density at radius 3 is 2.77 bits per heavy atom. The Hall–Kier alpha value is -1.63. The number of nitrogens with zero attached hydrogens (tertiary/aromatic N) is 3. The van der Waals surface area contributed by atoms with Gasteiger partial charge in [0, 0.05) is 4.91 Å². The van der Waals surface area contributed by atoms with Crippen molar-refractivity contribution in [2.24, 2.45) is 5.11 Å². The van der Waals surface area contributed by atoms with Crippen molar-refractivity contribution in [2.45, 2.75) is 50.8 Å². The molecule has 2 aliphatic heterocycles. The topological polar surface area (TPSA) is 85.7 Å². The van der Waals surface area contributed by atoms with Gasteiger partial charge in [0.25, 0.3) is 0 Å². The lowest BCUT2D eigenvalue weighted by molar-refractivity contribution is -0.211. The first-order valence-corrected chi connectivity index (χ1v) is 7.26. The van der Waals surface area contributed by atoms with Gasteiger partial charge in [-0.05, 0) is 24.9 Å². The Morgan fingerprint density at radius 1 is 1.27 bits per heavy atom. The van der Waals surface area contributed by atoms with Gasteiger partial charge in [0.05, 0.1) is 25.4 Å². The number of hydrogen-bond acceptors (Lipinski definition) is 5. The molecule has 1 aromatic carbocycles. The zero-order valence-electron chi connectivity index (χ0n) is 12.6. The first-order chi connectivity index (χ1) is 10.6. The molecule has 118 valence electrons. The third kappa shape index (κ3) is 3.24. The van der Waals surface area contributed by atoms with Gasteiger partial charge in [-0.15, -0.1) is 0 Å². The Kier molecular flexibility index (Phi) is 4.33. The van der Waals surface area contributed by atoms with Crippen molar-refractivity contribution >= 4 is 0 Å². The zero-order valence-corrected chi connectivity index (χ0v) is 12.6. The van der Waals surface area contributed by atoms with Crippen molar-refractivity contribution in [1.82, 2.24) is 0 Å². The van der Waals surface area contributed by atoms with Crippen LogP contribution in [0.15, 0.2) is 35.4 Å². The molecule has 7 nitrogen and oxygen atoms in total. The molecule has 2 fully saturated rings. The average Bonchev–Trinajstić information content (AvgIpc) is 2.94. The summed E-state index contributed by atoms with van der Waals surface area (Å²) in [5.41, 5.74) is 9.84. The summed E-state index contributed by atoms with van der Waals surface area (Å²) in [6.07, 6.45) is -1.28. The molecule has 1 aromatic rings. The summed E-state index contributed by atoms with van der Waals surface area (Å²) in [6.45, 7) is 4.41. The number of azide groups is 1. The van der Waals surface area contributed by atoms with Crippen molar-refractivity contribution in [2.75, 3.05) is 6.61 Å². The molecule has 0 aromatic heterocycles. The minimum atomic E-state index is -0.728. The first-order valence-electron chi connectivity index (χ1n) is 7.26. The van der Waals surface area contributed by atoms with Gasteiger partial charge in [-0.1, -0.05) is 35.4 Å². The van der Waals surface area contributed by atoms with Crippen LogP contribution in [0.2, 0.25) is 0 Å². The fourth-order valence-corrected chi connectivity index (χ4v) is 2.76. The van der Waals surface area contributed by atoms with Crippen LogP contribution in [0.1, 0.15) is 19.4 Å². The minimum absolute atomic E-state index is 0.318. The highest BCUT2D eigenvalue weighted by atomic mass is 16.8. The third-order valence-electron chi connectivity index (χ3n) is 3.69. The summed E-state index contributed by atoms with van der Waals surface area (Å²) < 4.78 is 22.9. The van der Waals surface area contributed by atoms with Crippen LogP contribution in [0.5, 0.6) is 0 Å². The molecule has 2 aliphatic rings. The SMILES string of the molecule is CC1(C)O[C@H]2O[C@H](COCc3ccccc3)[C@@H](N=[N+]=[N-])[C@H]2O1. The van der Waals surface area contributed by atoms with Gasteiger partial charge in [-0.2, -0.15) is 0 Å². The quantitative estimate of drug-likeness (QED) is 0.475. The standard InChI is InChI=1S/C15H19N3O4/c1-15(2)21-13-12(17-18-16)11(20-14(13)22-15)9-19-8-10-6-4-3-5-7-10/h3-7,11-14H,8-9H2,1-2H3/t11-,12-,13-,14-/m1/s1. The predicted octanol–water partition coefficient (Wildman–Crippen LogP) is 2.76. The third-order valence-corrected chi connectivity index (χ3v) is 3.69. The molecule has 0 amide bonds. The van der Waals surface area contributed by atoms with Crippen LogP contribution in [0.25, 0.3) is 10.4 Å². The molecule has 0 spiro atoms. The number of hydrogen-bond donors (Lipinski definition) is 0. The molecule has 0 N–H and O–H groups in total. The lowest BCUT2D eigenvalue weighted by Gasteiger charge is -2.23. The van der Waals surface area contributed by atoms with E-state index in [1.165, 1.54) is 0 Å². The summed E-state index contributed by atoms with van der Waals surface area (Å²) in [5.74, 6) is -0.728. The second-order valence-corrected chi connectivity index (χ2v) is 5.84. The molecule has 22 heavy (non-hydrogen) atoms. The summed E-state index contributed by atoms with van der Waals surface area (Å²) in [6, 6.07) is 9.41. The van der Waals surface area contributed by atoms with Gasteiger partial charge in [-0.3, -0.25) is 0 Å². The average molecular weight is 305 g/mol. The zero-order chi connectivity index (χ0) is 15.6. The lowest BCUT2D eigenvalue weighted by atomic mass is 10.1. The maximum Gasteiger partial charge on any atom is 0.188 e. The van der Waals surface area contributed by atoms with E-state index in [0.717, 1.165) is 5.56 Å². The highest BCUT2D eigenvalue weighted by Crippen LogP contribution is 2.38.